The van der Waals surface area contributed by atoms with Crippen LogP contribution >= 0.6 is 0 Å². The first-order valence-electron chi connectivity index (χ1n) is 12.2. The molecule has 236 valence electrons. The van der Waals surface area contributed by atoms with E-state index < -0.39 is 62.0 Å². The number of ether oxygens (including phenoxy) is 4. The maximum Gasteiger partial charge on any atom is 0.460 e. The van der Waals surface area contributed by atoms with Crippen LogP contribution in [0, 0.1) is 0 Å². The molecule has 0 aliphatic carbocycles. The van der Waals surface area contributed by atoms with Gasteiger partial charge in [0.2, 0.25) is 0 Å². The standard InChI is InChI=1S/C24H30F9NO7/c1-3-5-12-40-20(37)34(11-14-41-24(32,33)22(27,28)21(25,26)23(29,30)31)10-13-39-17-8-6-16(7-9-17)15-18(19(35)36)38-4-2/h6-9,18H,3-5,10-15H2,1-2H3,(H,35,36). The van der Waals surface area contributed by atoms with Crippen LogP contribution in [0.4, 0.5) is 44.3 Å². The highest BCUT2D eigenvalue weighted by atomic mass is 19.4. The van der Waals surface area contributed by atoms with Gasteiger partial charge >= 0.3 is 36.2 Å². The number of carbonyl (C=O) groups excluding carboxylic acids is 1. The molecule has 1 aromatic rings. The monoisotopic (exact) mass is 615 g/mol. The van der Waals surface area contributed by atoms with Crippen LogP contribution in [0.25, 0.3) is 0 Å². The molecule has 0 aliphatic heterocycles. The van der Waals surface area contributed by atoms with E-state index in [9.17, 15) is 49.1 Å². The Hall–Kier alpha value is -2.95. The first-order chi connectivity index (χ1) is 18.9. The first-order valence-corrected chi connectivity index (χ1v) is 12.2. The predicted molar refractivity (Wildman–Crippen MR) is 123 cm³/mol. The van der Waals surface area contributed by atoms with Gasteiger partial charge in [0.25, 0.3) is 0 Å². The van der Waals surface area contributed by atoms with Crippen LogP contribution in [0.5, 0.6) is 5.75 Å². The van der Waals surface area contributed by atoms with Crippen molar-refractivity contribution < 1.29 is 73.2 Å². The molecule has 0 aliphatic rings. The zero-order valence-electron chi connectivity index (χ0n) is 22.0. The lowest BCUT2D eigenvalue weighted by Crippen LogP contribution is -2.62. The van der Waals surface area contributed by atoms with E-state index in [1.165, 1.54) is 24.3 Å². The molecular weight excluding hydrogens is 585 g/mol. The number of halogens is 9. The van der Waals surface area contributed by atoms with Crippen molar-refractivity contribution in [2.75, 3.05) is 39.5 Å². The number of rotatable bonds is 18. The largest absolute Gasteiger partial charge is 0.492 e. The predicted octanol–water partition coefficient (Wildman–Crippen LogP) is 5.78. The van der Waals surface area contributed by atoms with Crippen LogP contribution in [-0.4, -0.2) is 91.8 Å². The van der Waals surface area contributed by atoms with Crippen molar-refractivity contribution in [3.63, 3.8) is 0 Å². The molecule has 0 spiro atoms. The molecule has 0 bridgehead atoms. The second-order valence-electron chi connectivity index (χ2n) is 8.45. The van der Waals surface area contributed by atoms with Crippen molar-refractivity contribution in [2.45, 2.75) is 63.3 Å². The lowest BCUT2D eigenvalue weighted by molar-refractivity contribution is -0.443. The molecule has 1 atom stereocenters. The summed E-state index contributed by atoms with van der Waals surface area (Å²) in [5, 5.41) is 9.16. The number of carboxylic acid groups (broad SMARTS) is 1. The highest BCUT2D eigenvalue weighted by Gasteiger charge is 2.82. The third kappa shape index (κ3) is 10.1. The van der Waals surface area contributed by atoms with Gasteiger partial charge in [-0.3, -0.25) is 0 Å². The van der Waals surface area contributed by atoms with Gasteiger partial charge in [-0.2, -0.15) is 39.5 Å². The third-order valence-corrected chi connectivity index (χ3v) is 5.36. The van der Waals surface area contributed by atoms with Crippen molar-refractivity contribution in [2.24, 2.45) is 0 Å². The van der Waals surface area contributed by atoms with Crippen LogP contribution in [0.15, 0.2) is 24.3 Å². The number of unbranched alkanes of at least 4 members (excludes halogenated alkanes) is 1. The Bertz CT molecular complexity index is 960. The maximum atomic E-state index is 13.6. The van der Waals surface area contributed by atoms with E-state index >= 15 is 0 Å². The lowest BCUT2D eigenvalue weighted by atomic mass is 10.1. The van der Waals surface area contributed by atoms with E-state index in [0.717, 1.165) is 0 Å². The molecule has 0 fully saturated rings. The minimum Gasteiger partial charge on any atom is -0.492 e. The summed E-state index contributed by atoms with van der Waals surface area (Å²) in [4.78, 5) is 24.1. The summed E-state index contributed by atoms with van der Waals surface area (Å²) in [6.07, 6.45) is -14.4. The molecular formula is C24H30F9NO7. The average molecular weight is 615 g/mol. The number of nitrogens with zero attached hydrogens (tertiary/aromatic N) is 1. The highest BCUT2D eigenvalue weighted by Crippen LogP contribution is 2.53. The van der Waals surface area contributed by atoms with Gasteiger partial charge in [-0.25, -0.2) is 9.59 Å². The molecule has 0 saturated carbocycles. The molecule has 0 aromatic heterocycles. The van der Waals surface area contributed by atoms with Gasteiger partial charge in [0.05, 0.1) is 19.8 Å². The smallest absolute Gasteiger partial charge is 0.460 e. The fourth-order valence-corrected chi connectivity index (χ4v) is 3.05. The average Bonchev–Trinajstić information content (AvgIpc) is 2.87. The van der Waals surface area contributed by atoms with Crippen LogP contribution in [-0.2, 0) is 25.4 Å². The van der Waals surface area contributed by atoms with Crippen molar-refractivity contribution in [1.29, 1.82) is 0 Å². The van der Waals surface area contributed by atoms with E-state index in [1.807, 2.05) is 0 Å². The van der Waals surface area contributed by atoms with Gasteiger partial charge in [-0.05, 0) is 31.0 Å². The van der Waals surface area contributed by atoms with E-state index in [1.54, 1.807) is 13.8 Å². The molecule has 1 aromatic carbocycles. The Labute approximate surface area is 229 Å². The fraction of sp³-hybridized carbons (Fsp3) is 0.667. The minimum atomic E-state index is -7.11. The molecule has 0 radical (unpaired) electrons. The Morgan fingerprint density at radius 2 is 1.46 bits per heavy atom. The summed E-state index contributed by atoms with van der Waals surface area (Å²) in [6.45, 7) is 0.217. The van der Waals surface area contributed by atoms with Gasteiger partial charge in [0.1, 0.15) is 12.4 Å². The van der Waals surface area contributed by atoms with Crippen molar-refractivity contribution in [1.82, 2.24) is 4.90 Å². The number of carboxylic acids is 1. The van der Waals surface area contributed by atoms with E-state index in [2.05, 4.69) is 4.74 Å². The van der Waals surface area contributed by atoms with Gasteiger partial charge in [0.15, 0.2) is 6.10 Å². The fourth-order valence-electron chi connectivity index (χ4n) is 3.05. The summed E-state index contributed by atoms with van der Waals surface area (Å²) >= 11 is 0. The number of amides is 1. The molecule has 17 heteroatoms. The van der Waals surface area contributed by atoms with E-state index in [-0.39, 0.29) is 32.0 Å². The first kappa shape index (κ1) is 36.1. The van der Waals surface area contributed by atoms with Gasteiger partial charge in [-0.15, -0.1) is 0 Å². The molecule has 1 rings (SSSR count). The maximum absolute atomic E-state index is 13.6. The van der Waals surface area contributed by atoms with Gasteiger partial charge in [0, 0.05) is 19.6 Å². The van der Waals surface area contributed by atoms with Crippen LogP contribution in [0.1, 0.15) is 32.3 Å². The van der Waals surface area contributed by atoms with Crippen LogP contribution in [0.2, 0.25) is 0 Å². The normalized spacial score (nSPS) is 13.5. The Morgan fingerprint density at radius 3 is 1.98 bits per heavy atom. The van der Waals surface area contributed by atoms with Crippen molar-refractivity contribution in [3.8, 4) is 5.75 Å². The molecule has 1 N–H and O–H groups in total. The number of hydrogen-bond donors (Lipinski definition) is 1. The highest BCUT2D eigenvalue weighted by molar-refractivity contribution is 5.72. The number of benzene rings is 1. The third-order valence-electron chi connectivity index (χ3n) is 5.36. The van der Waals surface area contributed by atoms with Crippen molar-refractivity contribution in [3.05, 3.63) is 29.8 Å². The Morgan fingerprint density at radius 1 is 0.878 bits per heavy atom. The molecule has 0 heterocycles. The Balaban J connectivity index is 2.82. The molecule has 1 amide bonds. The van der Waals surface area contributed by atoms with Crippen LogP contribution < -0.4 is 4.74 Å². The zero-order chi connectivity index (χ0) is 31.5. The zero-order valence-corrected chi connectivity index (χ0v) is 22.0. The lowest BCUT2D eigenvalue weighted by Gasteiger charge is -2.33. The quantitative estimate of drug-likeness (QED) is 0.165. The molecule has 41 heavy (non-hydrogen) atoms. The summed E-state index contributed by atoms with van der Waals surface area (Å²) in [7, 11) is 0. The summed E-state index contributed by atoms with van der Waals surface area (Å²) < 4.78 is 136. The van der Waals surface area contributed by atoms with Crippen molar-refractivity contribution >= 4 is 12.1 Å². The minimum absolute atomic E-state index is 0.0550. The van der Waals surface area contributed by atoms with E-state index in [4.69, 9.17) is 19.3 Å². The molecule has 0 saturated heterocycles. The van der Waals surface area contributed by atoms with E-state index in [0.29, 0.717) is 23.3 Å². The number of aliphatic carboxylic acids is 1. The summed E-state index contributed by atoms with van der Waals surface area (Å²) in [6, 6.07) is 5.98. The molecule has 1 unspecified atom stereocenters. The number of hydrogen-bond acceptors (Lipinski definition) is 6. The second-order valence-corrected chi connectivity index (χ2v) is 8.45. The second kappa shape index (κ2) is 15.3. The van der Waals surface area contributed by atoms with Crippen LogP contribution in [0.3, 0.4) is 0 Å². The van der Waals surface area contributed by atoms with Gasteiger partial charge in [-0.1, -0.05) is 25.5 Å². The number of alkyl halides is 9. The SMILES string of the molecule is CCCCOC(=O)N(CCOc1ccc(CC(OCC)C(=O)O)cc1)CCOC(F)(F)C(F)(F)C(F)(F)C(F)(F)F. The summed E-state index contributed by atoms with van der Waals surface area (Å²) in [5.41, 5.74) is 0.588. The number of carbonyl (C=O) groups is 2. The summed E-state index contributed by atoms with van der Waals surface area (Å²) in [5.74, 6) is -15.0. The molecule has 8 nitrogen and oxygen atoms in total. The Kier molecular flexibility index (Phi) is 13.5. The topological polar surface area (TPSA) is 94.5 Å². The van der Waals surface area contributed by atoms with Gasteiger partial charge < -0.3 is 29.0 Å².